The third-order valence-electron chi connectivity index (χ3n) is 9.50. The molecular formula is C51H34O. The minimum absolute atomic E-state index is 0.0404. The summed E-state index contributed by atoms with van der Waals surface area (Å²) in [4.78, 5) is 0. The lowest BCUT2D eigenvalue weighted by Crippen LogP contribution is -2.16. The fourth-order valence-electron chi connectivity index (χ4n) is 7.22. The van der Waals surface area contributed by atoms with Crippen LogP contribution in [-0.4, -0.2) is 0 Å². The molecule has 52 heavy (non-hydrogen) atoms. The maximum Gasteiger partial charge on any atom is 0.143 e. The van der Waals surface area contributed by atoms with E-state index in [1.54, 1.807) is 0 Å². The summed E-state index contributed by atoms with van der Waals surface area (Å²) in [5, 5.41) is -4.72. The van der Waals surface area contributed by atoms with Crippen molar-refractivity contribution >= 4 is 54.3 Å². The third kappa shape index (κ3) is 4.05. The quantitative estimate of drug-likeness (QED) is 0.168. The molecule has 0 unspecified atom stereocenters. The molecule has 1 aliphatic rings. The summed E-state index contributed by atoms with van der Waals surface area (Å²) < 4.78 is 262. The summed E-state index contributed by atoms with van der Waals surface area (Å²) in [6.45, 7) is 3.00. The van der Waals surface area contributed by atoms with Crippen molar-refractivity contribution in [3.8, 4) is 44.5 Å². The summed E-state index contributed by atoms with van der Waals surface area (Å²) in [5.41, 5.74) is -7.37. The molecule has 0 amide bonds. The lowest BCUT2D eigenvalue weighted by molar-refractivity contribution is 0.662. The fraction of sp³-hybridized carbons (Fsp3) is 0.0588. The summed E-state index contributed by atoms with van der Waals surface area (Å²) in [6.07, 6.45) is 0. The van der Waals surface area contributed by atoms with Crippen LogP contribution in [-0.2, 0) is 5.41 Å². The lowest BCUT2D eigenvalue weighted by atomic mass is 9.78. The highest BCUT2D eigenvalue weighted by molar-refractivity contribution is 6.23. The fourth-order valence-corrected chi connectivity index (χ4v) is 7.22. The van der Waals surface area contributed by atoms with Crippen LogP contribution in [0.4, 0.5) is 0 Å². The van der Waals surface area contributed by atoms with Crippen molar-refractivity contribution in [3.05, 3.63) is 180 Å². The number of fused-ring (bicyclic) bond motifs is 10. The normalized spacial score (nSPS) is 20.9. The Balaban J connectivity index is 1.34. The Morgan fingerprint density at radius 3 is 1.71 bits per heavy atom. The lowest BCUT2D eigenvalue weighted by Gasteiger charge is -2.24. The highest BCUT2D eigenvalue weighted by Crippen LogP contribution is 2.52. The molecule has 0 atom stereocenters. The molecule has 9 aromatic carbocycles. The number of benzene rings is 9. The van der Waals surface area contributed by atoms with E-state index in [4.69, 9.17) is 26.3 Å². The van der Waals surface area contributed by atoms with Gasteiger partial charge in [-0.2, -0.15) is 0 Å². The molecule has 0 radical (unpaired) electrons. The molecule has 0 N–H and O–H groups in total. The van der Waals surface area contributed by atoms with Crippen LogP contribution in [0, 0.1) is 0 Å². The number of hydrogen-bond acceptors (Lipinski definition) is 1. The number of hydrogen-bond donors (Lipinski definition) is 0. The molecule has 1 heterocycles. The first-order chi connectivity index (χ1) is 37.2. The average Bonchev–Trinajstić information content (AvgIpc) is 4.11. The first kappa shape index (κ1) is 13.0. The second-order valence-corrected chi connectivity index (χ2v) is 12.6. The van der Waals surface area contributed by atoms with E-state index in [9.17, 15) is 16.4 Å². The van der Waals surface area contributed by atoms with Crippen molar-refractivity contribution in [3.63, 3.8) is 0 Å². The Morgan fingerprint density at radius 2 is 0.981 bits per heavy atom. The largest absolute Gasteiger partial charge is 0.455 e. The molecule has 1 heteroatoms. The zero-order chi connectivity index (χ0) is 58.9. The van der Waals surface area contributed by atoms with Gasteiger partial charge in [0.1, 0.15) is 11.2 Å². The van der Waals surface area contributed by atoms with E-state index >= 15 is 0 Å². The van der Waals surface area contributed by atoms with Crippen molar-refractivity contribution in [2.24, 2.45) is 0 Å². The van der Waals surface area contributed by atoms with Gasteiger partial charge >= 0.3 is 0 Å². The van der Waals surface area contributed by atoms with Crippen molar-refractivity contribution in [2.45, 2.75) is 19.3 Å². The molecule has 1 nitrogen and oxygen atoms in total. The molecule has 0 bridgehead atoms. The molecule has 1 aliphatic carbocycles. The van der Waals surface area contributed by atoms with Gasteiger partial charge in [-0.25, -0.2) is 0 Å². The Labute approximate surface area is 341 Å². The van der Waals surface area contributed by atoms with E-state index in [0.29, 0.717) is 0 Å². The Bertz CT molecular complexity index is 4600. The average molecular weight is 691 g/mol. The van der Waals surface area contributed by atoms with Crippen LogP contribution in [0.25, 0.3) is 98.8 Å². The molecule has 244 valence electrons. The second kappa shape index (κ2) is 10.8. The predicted molar refractivity (Wildman–Crippen MR) is 220 cm³/mol. The first-order valence-electron chi connectivity index (χ1n) is 29.9. The van der Waals surface area contributed by atoms with Gasteiger partial charge in [0.05, 0.1) is 38.4 Å². The Kier molecular flexibility index (Phi) is 2.69. The van der Waals surface area contributed by atoms with Crippen molar-refractivity contribution < 1.29 is 42.8 Å². The Morgan fingerprint density at radius 1 is 0.423 bits per heavy atom. The van der Waals surface area contributed by atoms with Crippen LogP contribution in [0.2, 0.25) is 0 Å². The maximum absolute atomic E-state index is 9.88. The van der Waals surface area contributed by atoms with Gasteiger partial charge in [-0.3, -0.25) is 0 Å². The van der Waals surface area contributed by atoms with Gasteiger partial charge in [-0.15, -0.1) is 0 Å². The maximum atomic E-state index is 9.88. The van der Waals surface area contributed by atoms with E-state index in [-0.39, 0.29) is 22.3 Å². The smallest absolute Gasteiger partial charge is 0.143 e. The minimum atomic E-state index is -1.57. The van der Waals surface area contributed by atoms with Crippen molar-refractivity contribution in [1.29, 1.82) is 0 Å². The molecule has 10 aromatic rings. The zero-order valence-corrected chi connectivity index (χ0v) is 26.9. The van der Waals surface area contributed by atoms with Crippen LogP contribution in [0.3, 0.4) is 0 Å². The van der Waals surface area contributed by atoms with E-state index in [1.165, 1.54) is 13.8 Å². The summed E-state index contributed by atoms with van der Waals surface area (Å²) in [6, 6.07) is -23.7. The van der Waals surface area contributed by atoms with Crippen LogP contribution >= 0.6 is 0 Å². The molecule has 0 saturated heterocycles. The standard InChI is InChI=1S/C51H34O/c1-51(2)45-21-10-9-14-37(45)42-20-11-19-35(49(42)51)32-22-24-33(25-23-32)47-38-15-5-7-17-40(38)48(41-18-8-6-16-39(41)47)34-27-29-46-44(30-34)43-28-26-31-12-3-4-13-36(31)50(43)52-46/h3-30H,1-2H3/i3D,4D,5D,6D,7D,8D,9D,10D,11D,12D,13D,14D,15D,16D,17D,18D,19D,20D,21D,22D,23D,24D,25D,26D,27D,28D,29D,30D. The first-order valence-corrected chi connectivity index (χ1v) is 15.9. The predicted octanol–water partition coefficient (Wildman–Crippen LogP) is 14.4. The van der Waals surface area contributed by atoms with Gasteiger partial charge in [0.25, 0.3) is 0 Å². The topological polar surface area (TPSA) is 13.1 Å². The molecule has 0 fully saturated rings. The highest BCUT2D eigenvalue weighted by atomic mass is 16.3. The zero-order valence-electron chi connectivity index (χ0n) is 54.9. The van der Waals surface area contributed by atoms with Crippen LogP contribution in [0.5, 0.6) is 0 Å². The molecule has 0 saturated carbocycles. The second-order valence-electron chi connectivity index (χ2n) is 12.6. The summed E-state index contributed by atoms with van der Waals surface area (Å²) >= 11 is 0. The van der Waals surface area contributed by atoms with Crippen LogP contribution in [0.1, 0.15) is 63.4 Å². The van der Waals surface area contributed by atoms with Gasteiger partial charge in [0.15, 0.2) is 0 Å². The molecule has 1 aromatic heterocycles. The van der Waals surface area contributed by atoms with Gasteiger partial charge in [-0.05, 0) is 101 Å². The molecular weight excluding hydrogens is 629 g/mol. The molecule has 11 rings (SSSR count). The van der Waals surface area contributed by atoms with Crippen molar-refractivity contribution in [2.75, 3.05) is 0 Å². The van der Waals surface area contributed by atoms with Crippen LogP contribution < -0.4 is 0 Å². The minimum Gasteiger partial charge on any atom is -0.455 e. The number of furan rings is 1. The third-order valence-corrected chi connectivity index (χ3v) is 9.50. The van der Waals surface area contributed by atoms with E-state index in [1.807, 2.05) is 0 Å². The van der Waals surface area contributed by atoms with Gasteiger partial charge in [0.2, 0.25) is 0 Å². The monoisotopic (exact) mass is 690 g/mol. The van der Waals surface area contributed by atoms with E-state index < -0.39 is 262 Å². The highest BCUT2D eigenvalue weighted by Gasteiger charge is 2.37. The van der Waals surface area contributed by atoms with Crippen molar-refractivity contribution in [1.82, 2.24) is 0 Å². The number of rotatable bonds is 3. The van der Waals surface area contributed by atoms with Gasteiger partial charge < -0.3 is 4.42 Å². The summed E-state index contributed by atoms with van der Waals surface area (Å²) in [5.74, 6) is 0. The van der Waals surface area contributed by atoms with Gasteiger partial charge in [-0.1, -0.05) is 165 Å². The molecule has 0 spiro atoms. The van der Waals surface area contributed by atoms with Crippen LogP contribution in [0.15, 0.2) is 174 Å². The Hall–Kier alpha value is -6.44. The SMILES string of the molecule is [2H]c1c([2H])c([2H])c2c(c1[2H])-c1c([2H])c([2H])c([2H])c(-c3c([2H])c([2H])c(-c4c5c([2H])c([2H])c([2H])c([2H])c5c(-c5c([2H])c([2H])c6oc7c8c([2H])c([2H])c([2H])c([2H])c8c([2H])c([2H])c7c6c5[2H])c5c([2H])c([2H])c([2H])c([2H])c45)c([2H])c3[2H])c1C2(C)C. The molecule has 0 aliphatic heterocycles. The summed E-state index contributed by atoms with van der Waals surface area (Å²) in [7, 11) is 0. The van der Waals surface area contributed by atoms with E-state index in [2.05, 4.69) is 0 Å². The van der Waals surface area contributed by atoms with Gasteiger partial charge in [0, 0.05) is 21.6 Å². The van der Waals surface area contributed by atoms with E-state index in [0.717, 1.165) is 0 Å².